The Morgan fingerprint density at radius 3 is 2.42 bits per heavy atom. The van der Waals surface area contributed by atoms with Crippen LogP contribution in [0.2, 0.25) is 0 Å². The van der Waals surface area contributed by atoms with Gasteiger partial charge in [0.25, 0.3) is 0 Å². The van der Waals surface area contributed by atoms with Crippen LogP contribution in [0.1, 0.15) is 42.6 Å². The van der Waals surface area contributed by atoms with E-state index in [-0.39, 0.29) is 5.92 Å². The van der Waals surface area contributed by atoms with Crippen LogP contribution in [0.3, 0.4) is 0 Å². The van der Waals surface area contributed by atoms with Crippen molar-refractivity contribution >= 4 is 17.5 Å². The molecule has 1 unspecified atom stereocenters. The maximum atomic E-state index is 11.8. The fraction of sp³-hybridized carbons (Fsp3) is 0.400. The predicted molar refractivity (Wildman–Crippen MR) is 71.2 cm³/mol. The van der Waals surface area contributed by atoms with Crippen LogP contribution in [-0.4, -0.2) is 22.6 Å². The molecule has 1 N–H and O–H groups in total. The van der Waals surface area contributed by atoms with Crippen LogP contribution >= 0.6 is 0 Å². The fourth-order valence-corrected chi connectivity index (χ4v) is 2.05. The lowest BCUT2D eigenvalue weighted by molar-refractivity contribution is -0.148. The second-order valence-electron chi connectivity index (χ2n) is 4.53. The van der Waals surface area contributed by atoms with E-state index in [2.05, 4.69) is 13.0 Å². The van der Waals surface area contributed by atoms with Gasteiger partial charge >= 0.3 is 5.97 Å². The predicted octanol–water partition coefficient (Wildman–Crippen LogP) is 2.50. The number of Topliss-reactive ketones (excluding diaryl/α,β-unsaturated/α-hetero) is 2. The molecule has 0 radical (unpaired) electrons. The average Bonchev–Trinajstić information content (AvgIpc) is 2.40. The largest absolute Gasteiger partial charge is 0.476 e. The Hall–Kier alpha value is -1.97. The maximum absolute atomic E-state index is 11.8. The van der Waals surface area contributed by atoms with Gasteiger partial charge in [0.05, 0.1) is 0 Å². The Bertz CT molecular complexity index is 479. The summed E-state index contributed by atoms with van der Waals surface area (Å²) in [6.45, 7) is 3.10. The first-order valence-electron chi connectivity index (χ1n) is 6.33. The van der Waals surface area contributed by atoms with Gasteiger partial charge in [0.1, 0.15) is 0 Å². The number of benzene rings is 1. The van der Waals surface area contributed by atoms with Crippen LogP contribution in [0.25, 0.3) is 0 Å². The highest BCUT2D eigenvalue weighted by atomic mass is 16.4. The van der Waals surface area contributed by atoms with Crippen molar-refractivity contribution < 1.29 is 19.5 Å². The SMILES string of the molecule is CC(=O)C(=O)O.CCC1CCc2ccccc2C1=O. The molecular weight excluding hydrogens is 244 g/mol. The number of rotatable bonds is 2. The standard InChI is InChI=1S/C12H14O.C3H4O3/c1-2-9-7-8-10-5-3-4-6-11(10)12(9)13;1-2(4)3(5)6/h3-6,9H,2,7-8H2,1H3;1H3,(H,5,6). The molecule has 1 aliphatic rings. The number of carbonyl (C=O) groups excluding carboxylic acids is 2. The summed E-state index contributed by atoms with van der Waals surface area (Å²) in [4.78, 5) is 30.7. The van der Waals surface area contributed by atoms with Gasteiger partial charge in [0.2, 0.25) is 5.78 Å². The molecule has 0 bridgehead atoms. The van der Waals surface area contributed by atoms with E-state index in [1.165, 1.54) is 5.56 Å². The van der Waals surface area contributed by atoms with Crippen molar-refractivity contribution in [2.75, 3.05) is 0 Å². The van der Waals surface area contributed by atoms with Gasteiger partial charge < -0.3 is 5.11 Å². The van der Waals surface area contributed by atoms with Gasteiger partial charge in [-0.15, -0.1) is 0 Å². The molecule has 1 aromatic carbocycles. The molecule has 19 heavy (non-hydrogen) atoms. The highest BCUT2D eigenvalue weighted by Gasteiger charge is 2.24. The summed E-state index contributed by atoms with van der Waals surface area (Å²) in [5, 5.41) is 7.64. The number of carboxylic acids is 1. The normalized spacial score (nSPS) is 16.9. The maximum Gasteiger partial charge on any atom is 0.371 e. The van der Waals surface area contributed by atoms with Gasteiger partial charge in [0, 0.05) is 18.4 Å². The number of aryl methyl sites for hydroxylation is 1. The van der Waals surface area contributed by atoms with E-state index in [9.17, 15) is 14.4 Å². The third kappa shape index (κ3) is 4.02. The lowest BCUT2D eigenvalue weighted by atomic mass is 9.81. The molecule has 0 saturated heterocycles. The molecule has 0 amide bonds. The lowest BCUT2D eigenvalue weighted by Crippen LogP contribution is -2.21. The lowest BCUT2D eigenvalue weighted by Gasteiger charge is -2.21. The van der Waals surface area contributed by atoms with Gasteiger partial charge in [0.15, 0.2) is 5.78 Å². The van der Waals surface area contributed by atoms with E-state index in [1.807, 2.05) is 18.2 Å². The highest BCUT2D eigenvalue weighted by Crippen LogP contribution is 2.26. The Kier molecular flexibility index (Phi) is 5.42. The number of carboxylic acid groups (broad SMARTS) is 1. The van der Waals surface area contributed by atoms with Crippen molar-refractivity contribution in [2.45, 2.75) is 33.1 Å². The minimum Gasteiger partial charge on any atom is -0.476 e. The minimum absolute atomic E-state index is 0.273. The third-order valence-corrected chi connectivity index (χ3v) is 3.21. The zero-order valence-electron chi connectivity index (χ0n) is 11.2. The third-order valence-electron chi connectivity index (χ3n) is 3.21. The van der Waals surface area contributed by atoms with Crippen LogP contribution in [0, 0.1) is 5.92 Å². The Morgan fingerprint density at radius 1 is 1.32 bits per heavy atom. The molecule has 0 heterocycles. The molecule has 4 nitrogen and oxygen atoms in total. The van der Waals surface area contributed by atoms with Crippen molar-refractivity contribution in [3.8, 4) is 0 Å². The van der Waals surface area contributed by atoms with Crippen LogP contribution < -0.4 is 0 Å². The number of fused-ring (bicyclic) bond motifs is 1. The van der Waals surface area contributed by atoms with Gasteiger partial charge in [-0.2, -0.15) is 0 Å². The molecular formula is C15H18O4. The molecule has 2 rings (SSSR count). The van der Waals surface area contributed by atoms with Crippen molar-refractivity contribution in [1.29, 1.82) is 0 Å². The van der Waals surface area contributed by atoms with Gasteiger partial charge in [-0.1, -0.05) is 31.2 Å². The number of hydrogen-bond acceptors (Lipinski definition) is 3. The molecule has 0 saturated carbocycles. The first kappa shape index (κ1) is 15.1. The molecule has 0 aliphatic heterocycles. The second kappa shape index (κ2) is 6.83. The summed E-state index contributed by atoms with van der Waals surface area (Å²) in [6.07, 6.45) is 3.08. The summed E-state index contributed by atoms with van der Waals surface area (Å²) >= 11 is 0. The molecule has 1 aromatic rings. The summed E-state index contributed by atoms with van der Waals surface area (Å²) in [7, 11) is 0. The van der Waals surface area contributed by atoms with Crippen molar-refractivity contribution in [1.82, 2.24) is 0 Å². The van der Waals surface area contributed by atoms with Crippen molar-refractivity contribution in [3.05, 3.63) is 35.4 Å². The summed E-state index contributed by atoms with van der Waals surface area (Å²) in [5.41, 5.74) is 2.19. The van der Waals surface area contributed by atoms with Gasteiger partial charge in [-0.25, -0.2) is 4.79 Å². The second-order valence-corrected chi connectivity index (χ2v) is 4.53. The van der Waals surface area contributed by atoms with E-state index in [0.717, 1.165) is 31.7 Å². The average molecular weight is 262 g/mol. The zero-order valence-corrected chi connectivity index (χ0v) is 11.2. The first-order valence-corrected chi connectivity index (χ1v) is 6.33. The van der Waals surface area contributed by atoms with E-state index in [4.69, 9.17) is 5.11 Å². The summed E-state index contributed by atoms with van der Waals surface area (Å²) in [6, 6.07) is 7.99. The van der Waals surface area contributed by atoms with Gasteiger partial charge in [-0.05, 0) is 24.8 Å². The molecule has 1 aliphatic carbocycles. The van der Waals surface area contributed by atoms with Crippen LogP contribution in [-0.2, 0) is 16.0 Å². The van der Waals surface area contributed by atoms with Crippen molar-refractivity contribution in [2.24, 2.45) is 5.92 Å². The van der Waals surface area contributed by atoms with E-state index >= 15 is 0 Å². The summed E-state index contributed by atoms with van der Waals surface area (Å²) < 4.78 is 0. The number of carbonyl (C=O) groups is 3. The molecule has 0 aromatic heterocycles. The topological polar surface area (TPSA) is 71.4 Å². The van der Waals surface area contributed by atoms with E-state index < -0.39 is 11.8 Å². The number of hydrogen-bond donors (Lipinski definition) is 1. The first-order chi connectivity index (χ1) is 8.97. The highest BCUT2D eigenvalue weighted by molar-refractivity contribution is 6.31. The van der Waals surface area contributed by atoms with Crippen LogP contribution in [0.15, 0.2) is 24.3 Å². The van der Waals surface area contributed by atoms with E-state index in [1.54, 1.807) is 0 Å². The molecule has 0 spiro atoms. The minimum atomic E-state index is -1.38. The molecule has 1 atom stereocenters. The monoisotopic (exact) mass is 262 g/mol. The van der Waals surface area contributed by atoms with Crippen LogP contribution in [0.4, 0.5) is 0 Å². The van der Waals surface area contributed by atoms with Crippen LogP contribution in [0.5, 0.6) is 0 Å². The number of ketones is 2. The zero-order chi connectivity index (χ0) is 14.4. The fourth-order valence-electron chi connectivity index (χ4n) is 2.05. The van der Waals surface area contributed by atoms with Crippen molar-refractivity contribution in [3.63, 3.8) is 0 Å². The Balaban J connectivity index is 0.000000258. The molecule has 4 heteroatoms. The van der Waals surface area contributed by atoms with E-state index in [0.29, 0.717) is 5.78 Å². The summed E-state index contributed by atoms with van der Waals surface area (Å²) in [5.74, 6) is -1.58. The number of aliphatic carboxylic acids is 1. The van der Waals surface area contributed by atoms with Gasteiger partial charge in [-0.3, -0.25) is 9.59 Å². The Morgan fingerprint density at radius 2 is 1.89 bits per heavy atom. The smallest absolute Gasteiger partial charge is 0.371 e. The molecule has 0 fully saturated rings. The quantitative estimate of drug-likeness (QED) is 0.831. The molecule has 102 valence electrons. The Labute approximate surface area is 112 Å².